The summed E-state index contributed by atoms with van der Waals surface area (Å²) >= 11 is 0. The zero-order valence-corrected chi connectivity index (χ0v) is 11.8. The Bertz CT molecular complexity index is 530. The van der Waals surface area contributed by atoms with Crippen molar-refractivity contribution in [1.82, 2.24) is 5.32 Å². The molecule has 1 fully saturated rings. The molecule has 2 rings (SSSR count). The highest BCUT2D eigenvalue weighted by atomic mass is 16.6. The molecule has 1 heterocycles. The lowest BCUT2D eigenvalue weighted by molar-refractivity contribution is -0.384. The molecule has 108 valence electrons. The molecule has 1 aromatic carbocycles. The fraction of sp³-hybridized carbons (Fsp3) is 0.500. The van der Waals surface area contributed by atoms with Gasteiger partial charge in [-0.15, -0.1) is 0 Å². The van der Waals surface area contributed by atoms with Gasteiger partial charge in [-0.05, 0) is 30.9 Å². The van der Waals surface area contributed by atoms with Gasteiger partial charge in [0.2, 0.25) is 0 Å². The number of carbonyl (C=O) groups excluding carboxylic acids is 1. The van der Waals surface area contributed by atoms with Gasteiger partial charge in [0.1, 0.15) is 5.69 Å². The van der Waals surface area contributed by atoms with Gasteiger partial charge in [0.25, 0.3) is 11.6 Å². The molecule has 0 aromatic heterocycles. The average molecular weight is 277 g/mol. The Kier molecular flexibility index (Phi) is 4.22. The van der Waals surface area contributed by atoms with E-state index in [1.807, 2.05) is 4.90 Å². The molecule has 1 amide bonds. The average Bonchev–Trinajstić information content (AvgIpc) is 2.45. The van der Waals surface area contributed by atoms with Crippen LogP contribution in [-0.4, -0.2) is 31.0 Å². The van der Waals surface area contributed by atoms with Gasteiger partial charge in [-0.3, -0.25) is 14.9 Å². The van der Waals surface area contributed by atoms with Gasteiger partial charge < -0.3 is 10.2 Å². The first-order valence-corrected chi connectivity index (χ1v) is 6.78. The van der Waals surface area contributed by atoms with Crippen LogP contribution >= 0.6 is 0 Å². The van der Waals surface area contributed by atoms with Crippen LogP contribution in [-0.2, 0) is 0 Å². The summed E-state index contributed by atoms with van der Waals surface area (Å²) in [4.78, 5) is 24.5. The minimum absolute atomic E-state index is 0.000185. The number of carbonyl (C=O) groups is 1. The highest BCUT2D eigenvalue weighted by Crippen LogP contribution is 2.32. The van der Waals surface area contributed by atoms with Crippen LogP contribution in [0.25, 0.3) is 0 Å². The quantitative estimate of drug-likeness (QED) is 0.678. The SMILES string of the molecule is CNC(=O)c1ccc(N2CCCC(C)C2)c([N+](=O)[O-])c1. The first kappa shape index (κ1) is 14.3. The van der Waals surface area contributed by atoms with Crippen molar-refractivity contribution in [3.63, 3.8) is 0 Å². The van der Waals surface area contributed by atoms with Crippen molar-refractivity contribution in [1.29, 1.82) is 0 Å². The number of anilines is 1. The van der Waals surface area contributed by atoms with E-state index in [4.69, 9.17) is 0 Å². The maximum atomic E-state index is 11.6. The molecule has 20 heavy (non-hydrogen) atoms. The van der Waals surface area contributed by atoms with Crippen LogP contribution in [0.5, 0.6) is 0 Å². The molecule has 1 aromatic rings. The Labute approximate surface area is 117 Å². The number of piperidine rings is 1. The van der Waals surface area contributed by atoms with E-state index in [0.29, 0.717) is 17.2 Å². The number of benzene rings is 1. The molecule has 0 aliphatic carbocycles. The van der Waals surface area contributed by atoms with Crippen molar-refractivity contribution < 1.29 is 9.72 Å². The molecule has 1 N–H and O–H groups in total. The predicted octanol–water partition coefficient (Wildman–Crippen LogP) is 2.19. The fourth-order valence-electron chi connectivity index (χ4n) is 2.63. The van der Waals surface area contributed by atoms with Gasteiger partial charge in [-0.1, -0.05) is 6.92 Å². The monoisotopic (exact) mass is 277 g/mol. The summed E-state index contributed by atoms with van der Waals surface area (Å²) in [6.07, 6.45) is 2.19. The first-order valence-electron chi connectivity index (χ1n) is 6.78. The van der Waals surface area contributed by atoms with Gasteiger partial charge in [0, 0.05) is 31.8 Å². The molecule has 0 spiro atoms. The van der Waals surface area contributed by atoms with Crippen molar-refractivity contribution in [2.24, 2.45) is 5.92 Å². The van der Waals surface area contributed by atoms with E-state index >= 15 is 0 Å². The van der Waals surface area contributed by atoms with Crippen molar-refractivity contribution in [3.8, 4) is 0 Å². The number of amides is 1. The molecule has 1 saturated heterocycles. The molecular weight excluding hydrogens is 258 g/mol. The summed E-state index contributed by atoms with van der Waals surface area (Å²) in [5, 5.41) is 13.7. The third-order valence-corrected chi connectivity index (χ3v) is 3.66. The number of nitro groups is 1. The Morgan fingerprint density at radius 2 is 2.25 bits per heavy atom. The van der Waals surface area contributed by atoms with Crippen molar-refractivity contribution in [2.45, 2.75) is 19.8 Å². The second-order valence-electron chi connectivity index (χ2n) is 5.23. The third-order valence-electron chi connectivity index (χ3n) is 3.66. The van der Waals surface area contributed by atoms with Gasteiger partial charge in [0.15, 0.2) is 0 Å². The van der Waals surface area contributed by atoms with Crippen LogP contribution in [0.1, 0.15) is 30.1 Å². The van der Waals surface area contributed by atoms with E-state index in [9.17, 15) is 14.9 Å². The number of rotatable bonds is 3. The topological polar surface area (TPSA) is 75.5 Å². The molecule has 0 bridgehead atoms. The molecular formula is C14H19N3O3. The molecule has 6 nitrogen and oxygen atoms in total. The number of hydrogen-bond donors (Lipinski definition) is 1. The summed E-state index contributed by atoms with van der Waals surface area (Å²) < 4.78 is 0. The molecule has 0 radical (unpaired) electrons. The normalized spacial score (nSPS) is 18.7. The Hall–Kier alpha value is -2.11. The van der Waals surface area contributed by atoms with Crippen LogP contribution in [0.4, 0.5) is 11.4 Å². The second-order valence-corrected chi connectivity index (χ2v) is 5.23. The number of nitrogens with zero attached hydrogens (tertiary/aromatic N) is 2. The Morgan fingerprint density at radius 3 is 2.85 bits per heavy atom. The van der Waals surface area contributed by atoms with Crippen LogP contribution in [0.3, 0.4) is 0 Å². The summed E-state index contributed by atoms with van der Waals surface area (Å²) in [6.45, 7) is 3.79. The number of nitro benzene ring substituents is 1. The van der Waals surface area contributed by atoms with E-state index in [2.05, 4.69) is 12.2 Å². The van der Waals surface area contributed by atoms with Crippen molar-refractivity contribution >= 4 is 17.3 Å². The highest BCUT2D eigenvalue weighted by molar-refractivity contribution is 5.95. The van der Waals surface area contributed by atoms with Crippen molar-refractivity contribution in [2.75, 3.05) is 25.0 Å². The number of nitrogens with one attached hydrogen (secondary N) is 1. The smallest absolute Gasteiger partial charge is 0.293 e. The van der Waals surface area contributed by atoms with Gasteiger partial charge in [0.05, 0.1) is 4.92 Å². The summed E-state index contributed by atoms with van der Waals surface area (Å²) in [6, 6.07) is 4.68. The summed E-state index contributed by atoms with van der Waals surface area (Å²) in [5.41, 5.74) is 0.919. The van der Waals surface area contributed by atoms with Gasteiger partial charge in [-0.25, -0.2) is 0 Å². The van der Waals surface area contributed by atoms with Crippen LogP contribution in [0.2, 0.25) is 0 Å². The molecule has 1 unspecified atom stereocenters. The molecule has 6 heteroatoms. The maximum absolute atomic E-state index is 11.6. The third kappa shape index (κ3) is 2.89. The molecule has 1 aliphatic rings. The lowest BCUT2D eigenvalue weighted by Crippen LogP contribution is -2.34. The fourth-order valence-corrected chi connectivity index (χ4v) is 2.63. The Balaban J connectivity index is 2.37. The number of hydrogen-bond acceptors (Lipinski definition) is 4. The summed E-state index contributed by atoms with van der Waals surface area (Å²) in [7, 11) is 1.51. The minimum Gasteiger partial charge on any atom is -0.366 e. The van der Waals surface area contributed by atoms with Crippen LogP contribution in [0, 0.1) is 16.0 Å². The van der Waals surface area contributed by atoms with Crippen molar-refractivity contribution in [3.05, 3.63) is 33.9 Å². The second kappa shape index (κ2) is 5.90. The van der Waals surface area contributed by atoms with E-state index in [1.54, 1.807) is 12.1 Å². The van der Waals surface area contributed by atoms with E-state index < -0.39 is 4.92 Å². The van der Waals surface area contributed by atoms with Crippen LogP contribution < -0.4 is 10.2 Å². The molecule has 0 saturated carbocycles. The lowest BCUT2D eigenvalue weighted by atomic mass is 9.99. The maximum Gasteiger partial charge on any atom is 0.293 e. The van der Waals surface area contributed by atoms with E-state index in [1.165, 1.54) is 13.1 Å². The Morgan fingerprint density at radius 1 is 1.50 bits per heavy atom. The highest BCUT2D eigenvalue weighted by Gasteiger charge is 2.24. The van der Waals surface area contributed by atoms with Gasteiger partial charge >= 0.3 is 0 Å². The standard InChI is InChI=1S/C14H19N3O3/c1-10-4-3-7-16(9-10)12-6-5-11(14(18)15-2)8-13(12)17(19)20/h5-6,8,10H,3-4,7,9H2,1-2H3,(H,15,18). The lowest BCUT2D eigenvalue weighted by Gasteiger charge is -2.32. The van der Waals surface area contributed by atoms with Crippen LogP contribution in [0.15, 0.2) is 18.2 Å². The summed E-state index contributed by atoms with van der Waals surface area (Å²) in [5.74, 6) is 0.216. The first-order chi connectivity index (χ1) is 9.52. The molecule has 1 aliphatic heterocycles. The zero-order chi connectivity index (χ0) is 14.7. The minimum atomic E-state index is -0.416. The van der Waals surface area contributed by atoms with E-state index in [-0.39, 0.29) is 11.6 Å². The van der Waals surface area contributed by atoms with E-state index in [0.717, 1.165) is 25.9 Å². The van der Waals surface area contributed by atoms with Gasteiger partial charge in [-0.2, -0.15) is 0 Å². The zero-order valence-electron chi connectivity index (χ0n) is 11.8. The molecule has 1 atom stereocenters. The largest absolute Gasteiger partial charge is 0.366 e. The predicted molar refractivity (Wildman–Crippen MR) is 77.1 cm³/mol.